The van der Waals surface area contributed by atoms with Crippen molar-refractivity contribution >= 4 is 23.0 Å². The van der Waals surface area contributed by atoms with Crippen LogP contribution in [0.2, 0.25) is 0 Å². The third-order valence-electron chi connectivity index (χ3n) is 5.10. The van der Waals surface area contributed by atoms with E-state index in [0.29, 0.717) is 5.56 Å². The Balaban J connectivity index is 1.38. The van der Waals surface area contributed by atoms with Crippen molar-refractivity contribution < 1.29 is 9.53 Å². The van der Waals surface area contributed by atoms with Gasteiger partial charge in [-0.2, -0.15) is 0 Å². The number of nitrogens with one attached hydrogen (secondary N) is 1. The Bertz CT molecular complexity index is 731. The first-order valence-corrected chi connectivity index (χ1v) is 9.39. The predicted molar refractivity (Wildman–Crippen MR) is 105 cm³/mol. The van der Waals surface area contributed by atoms with Gasteiger partial charge < -0.3 is 19.9 Å². The number of benzene rings is 2. The van der Waals surface area contributed by atoms with Crippen LogP contribution in [0.3, 0.4) is 0 Å². The topological polar surface area (TPSA) is 44.8 Å². The third kappa shape index (κ3) is 3.83. The molecule has 1 N–H and O–H groups in total. The monoisotopic (exact) mass is 351 g/mol. The number of amides is 1. The van der Waals surface area contributed by atoms with Gasteiger partial charge in [0.05, 0.1) is 13.2 Å². The van der Waals surface area contributed by atoms with Crippen LogP contribution in [-0.4, -0.2) is 45.3 Å². The number of hydrogen-bond acceptors (Lipinski definition) is 4. The molecule has 26 heavy (non-hydrogen) atoms. The van der Waals surface area contributed by atoms with Crippen molar-refractivity contribution in [3.8, 4) is 0 Å². The fourth-order valence-electron chi connectivity index (χ4n) is 3.58. The highest BCUT2D eigenvalue weighted by Gasteiger charge is 2.14. The minimum absolute atomic E-state index is 0.0764. The first-order chi connectivity index (χ1) is 12.8. The van der Waals surface area contributed by atoms with Gasteiger partial charge in [0, 0.05) is 48.8 Å². The largest absolute Gasteiger partial charge is 0.378 e. The second kappa shape index (κ2) is 7.79. The lowest BCUT2D eigenvalue weighted by molar-refractivity contribution is 0.102. The summed E-state index contributed by atoms with van der Waals surface area (Å²) in [6.07, 6.45) is 2.53. The Labute approximate surface area is 154 Å². The van der Waals surface area contributed by atoms with Crippen LogP contribution >= 0.6 is 0 Å². The molecule has 2 aliphatic rings. The van der Waals surface area contributed by atoms with E-state index in [0.717, 1.165) is 50.8 Å². The van der Waals surface area contributed by atoms with Crippen LogP contribution in [0, 0.1) is 0 Å². The number of hydrogen-bond donors (Lipinski definition) is 1. The minimum atomic E-state index is -0.0764. The molecule has 0 radical (unpaired) electrons. The molecule has 0 saturated carbocycles. The molecule has 2 aromatic rings. The van der Waals surface area contributed by atoms with Gasteiger partial charge in [-0.3, -0.25) is 4.79 Å². The van der Waals surface area contributed by atoms with Crippen molar-refractivity contribution in [2.75, 3.05) is 54.5 Å². The highest BCUT2D eigenvalue weighted by Crippen LogP contribution is 2.23. The maximum Gasteiger partial charge on any atom is 0.255 e. The molecule has 2 aliphatic heterocycles. The second-order valence-electron chi connectivity index (χ2n) is 6.84. The lowest BCUT2D eigenvalue weighted by Crippen LogP contribution is -2.36. The zero-order valence-electron chi connectivity index (χ0n) is 15.0. The number of rotatable bonds is 4. The number of carbonyl (C=O) groups excluding carboxylic acids is 1. The summed E-state index contributed by atoms with van der Waals surface area (Å²) in [4.78, 5) is 17.2. The van der Waals surface area contributed by atoms with Gasteiger partial charge in [-0.05, 0) is 61.4 Å². The number of carbonyl (C=O) groups is 1. The van der Waals surface area contributed by atoms with Crippen LogP contribution in [0.15, 0.2) is 48.5 Å². The highest BCUT2D eigenvalue weighted by molar-refractivity contribution is 6.04. The Morgan fingerprint density at radius 2 is 1.31 bits per heavy atom. The maximum absolute atomic E-state index is 12.5. The number of morpholine rings is 1. The maximum atomic E-state index is 12.5. The lowest BCUT2D eigenvalue weighted by atomic mass is 10.1. The van der Waals surface area contributed by atoms with Gasteiger partial charge in [0.25, 0.3) is 5.91 Å². The smallest absolute Gasteiger partial charge is 0.255 e. The zero-order valence-corrected chi connectivity index (χ0v) is 15.0. The quantitative estimate of drug-likeness (QED) is 0.917. The summed E-state index contributed by atoms with van der Waals surface area (Å²) in [6.45, 7) is 5.57. The second-order valence-corrected chi connectivity index (χ2v) is 6.84. The zero-order chi connectivity index (χ0) is 17.8. The molecule has 0 aliphatic carbocycles. The molecule has 1 amide bonds. The van der Waals surface area contributed by atoms with Gasteiger partial charge in [0.2, 0.25) is 0 Å². The Morgan fingerprint density at radius 1 is 0.769 bits per heavy atom. The number of nitrogens with zero attached hydrogens (tertiary/aromatic N) is 2. The molecule has 0 unspecified atom stereocenters. The average Bonchev–Trinajstić information content (AvgIpc) is 3.24. The minimum Gasteiger partial charge on any atom is -0.378 e. The van der Waals surface area contributed by atoms with Crippen LogP contribution in [-0.2, 0) is 4.74 Å². The van der Waals surface area contributed by atoms with Crippen molar-refractivity contribution in [1.82, 2.24) is 0 Å². The first kappa shape index (κ1) is 16.9. The van der Waals surface area contributed by atoms with E-state index in [9.17, 15) is 4.79 Å². The van der Waals surface area contributed by atoms with Crippen LogP contribution in [0.1, 0.15) is 23.2 Å². The summed E-state index contributed by atoms with van der Waals surface area (Å²) < 4.78 is 5.38. The first-order valence-electron chi connectivity index (χ1n) is 9.39. The molecule has 5 heteroatoms. The molecule has 4 rings (SSSR count). The molecule has 2 fully saturated rings. The molecule has 2 aromatic carbocycles. The van der Waals surface area contributed by atoms with E-state index in [2.05, 4.69) is 27.2 Å². The Kier molecular flexibility index (Phi) is 5.07. The van der Waals surface area contributed by atoms with Gasteiger partial charge in [0.15, 0.2) is 0 Å². The van der Waals surface area contributed by atoms with Crippen LogP contribution in [0.5, 0.6) is 0 Å². The van der Waals surface area contributed by atoms with Crippen LogP contribution < -0.4 is 15.1 Å². The van der Waals surface area contributed by atoms with Gasteiger partial charge in [-0.1, -0.05) is 0 Å². The van der Waals surface area contributed by atoms with Crippen molar-refractivity contribution in [3.05, 3.63) is 54.1 Å². The Hall–Kier alpha value is -2.53. The standard InChI is InChI=1S/C21H25N3O2/c25-21(17-3-7-19(8-4-17)24-13-15-26-16-14-24)22-18-5-9-20(10-6-18)23-11-1-2-12-23/h3-10H,1-2,11-16H2,(H,22,25). The summed E-state index contributed by atoms with van der Waals surface area (Å²) in [7, 11) is 0. The molecule has 2 saturated heterocycles. The average molecular weight is 351 g/mol. The summed E-state index contributed by atoms with van der Waals surface area (Å²) in [5.41, 5.74) is 3.87. The van der Waals surface area contributed by atoms with Gasteiger partial charge in [0.1, 0.15) is 0 Å². The van der Waals surface area contributed by atoms with Gasteiger partial charge in [-0.25, -0.2) is 0 Å². The molecular weight excluding hydrogens is 326 g/mol. The van der Waals surface area contributed by atoms with Crippen LogP contribution in [0.4, 0.5) is 17.1 Å². The third-order valence-corrected chi connectivity index (χ3v) is 5.10. The van der Waals surface area contributed by atoms with Crippen molar-refractivity contribution in [1.29, 1.82) is 0 Å². The lowest BCUT2D eigenvalue weighted by Gasteiger charge is -2.28. The molecule has 0 bridgehead atoms. The molecule has 2 heterocycles. The van der Waals surface area contributed by atoms with E-state index in [1.807, 2.05) is 36.4 Å². The fourth-order valence-corrected chi connectivity index (χ4v) is 3.58. The molecule has 0 spiro atoms. The van der Waals surface area contributed by atoms with Crippen molar-refractivity contribution in [2.24, 2.45) is 0 Å². The molecule has 5 nitrogen and oxygen atoms in total. The van der Waals surface area contributed by atoms with Crippen LogP contribution in [0.25, 0.3) is 0 Å². The summed E-state index contributed by atoms with van der Waals surface area (Å²) in [5, 5.41) is 2.98. The summed E-state index contributed by atoms with van der Waals surface area (Å²) in [6, 6.07) is 15.9. The summed E-state index contributed by atoms with van der Waals surface area (Å²) in [5.74, 6) is -0.0764. The normalized spacial score (nSPS) is 17.4. The van der Waals surface area contributed by atoms with E-state index in [-0.39, 0.29) is 5.91 Å². The molecule has 0 aromatic heterocycles. The van der Waals surface area contributed by atoms with E-state index < -0.39 is 0 Å². The van der Waals surface area contributed by atoms with Crippen molar-refractivity contribution in [3.63, 3.8) is 0 Å². The van der Waals surface area contributed by atoms with E-state index in [1.165, 1.54) is 18.5 Å². The predicted octanol–water partition coefficient (Wildman–Crippen LogP) is 3.38. The number of anilines is 3. The molecular formula is C21H25N3O2. The van der Waals surface area contributed by atoms with E-state index in [4.69, 9.17) is 4.74 Å². The van der Waals surface area contributed by atoms with Gasteiger partial charge >= 0.3 is 0 Å². The van der Waals surface area contributed by atoms with Crippen molar-refractivity contribution in [2.45, 2.75) is 12.8 Å². The van der Waals surface area contributed by atoms with Gasteiger partial charge in [-0.15, -0.1) is 0 Å². The number of ether oxygens (including phenoxy) is 1. The highest BCUT2D eigenvalue weighted by atomic mass is 16.5. The SMILES string of the molecule is O=C(Nc1ccc(N2CCCC2)cc1)c1ccc(N2CCOCC2)cc1. The fraction of sp³-hybridized carbons (Fsp3) is 0.381. The van der Waals surface area contributed by atoms with E-state index in [1.54, 1.807) is 0 Å². The Morgan fingerprint density at radius 3 is 1.92 bits per heavy atom. The molecule has 0 atom stereocenters. The summed E-state index contributed by atoms with van der Waals surface area (Å²) >= 11 is 0. The van der Waals surface area contributed by atoms with E-state index >= 15 is 0 Å². The molecule has 136 valence electrons.